The van der Waals surface area contributed by atoms with Gasteiger partial charge in [0.15, 0.2) is 5.82 Å². The zero-order valence-electron chi connectivity index (χ0n) is 21.5. The van der Waals surface area contributed by atoms with Crippen molar-refractivity contribution in [3.63, 3.8) is 0 Å². The minimum absolute atomic E-state index is 0.00329. The molecule has 0 bridgehead atoms. The number of rotatable bonds is 4. The van der Waals surface area contributed by atoms with Gasteiger partial charge < -0.3 is 9.80 Å². The Morgan fingerprint density at radius 1 is 0.974 bits per heavy atom. The number of carbonyl (C=O) groups excluding carboxylic acids is 1. The molecular formula is C29H28F2N6O. The first-order valence-electron chi connectivity index (χ1n) is 12.8. The lowest BCUT2D eigenvalue weighted by Gasteiger charge is -2.24. The predicted octanol–water partition coefficient (Wildman–Crippen LogP) is 4.95. The van der Waals surface area contributed by atoms with Gasteiger partial charge in [-0.05, 0) is 39.0 Å². The molecular weight excluding hydrogens is 486 g/mol. The second-order valence-electron chi connectivity index (χ2n) is 10.7. The molecule has 9 heteroatoms. The Morgan fingerprint density at radius 2 is 1.71 bits per heavy atom. The van der Waals surface area contributed by atoms with Gasteiger partial charge in [0.1, 0.15) is 11.5 Å². The van der Waals surface area contributed by atoms with Crippen LogP contribution in [0.1, 0.15) is 35.6 Å². The number of hydrogen-bond acceptors (Lipinski definition) is 6. The van der Waals surface area contributed by atoms with E-state index in [4.69, 9.17) is 0 Å². The molecule has 194 valence electrons. The average molecular weight is 515 g/mol. The van der Waals surface area contributed by atoms with Gasteiger partial charge in [0.2, 0.25) is 5.95 Å². The molecule has 38 heavy (non-hydrogen) atoms. The van der Waals surface area contributed by atoms with Gasteiger partial charge in [0.05, 0.1) is 16.8 Å². The molecule has 0 N–H and O–H groups in total. The number of anilines is 1. The molecule has 2 fully saturated rings. The third-order valence-corrected chi connectivity index (χ3v) is 7.47. The minimum atomic E-state index is -1.56. The van der Waals surface area contributed by atoms with E-state index in [1.54, 1.807) is 29.3 Å². The van der Waals surface area contributed by atoms with Crippen LogP contribution in [0.2, 0.25) is 0 Å². The summed E-state index contributed by atoms with van der Waals surface area (Å²) in [4.78, 5) is 35.5. The Kier molecular flexibility index (Phi) is 5.81. The molecule has 1 amide bonds. The van der Waals surface area contributed by atoms with E-state index in [-0.39, 0.29) is 23.3 Å². The lowest BCUT2D eigenvalue weighted by molar-refractivity contribution is 0.0778. The maximum Gasteiger partial charge on any atom is 0.257 e. The topological polar surface area (TPSA) is 75.1 Å². The molecule has 2 aliphatic rings. The number of alkyl halides is 1. The molecule has 0 spiro atoms. The van der Waals surface area contributed by atoms with Crippen LogP contribution in [0.3, 0.4) is 0 Å². The van der Waals surface area contributed by atoms with Gasteiger partial charge in [-0.1, -0.05) is 30.3 Å². The zero-order chi connectivity index (χ0) is 26.6. The highest BCUT2D eigenvalue weighted by atomic mass is 19.1. The highest BCUT2D eigenvalue weighted by Gasteiger charge is 2.43. The zero-order valence-corrected chi connectivity index (χ0v) is 21.5. The van der Waals surface area contributed by atoms with Gasteiger partial charge in [-0.2, -0.15) is 0 Å². The number of para-hydroxylation sites is 1. The van der Waals surface area contributed by atoms with Crippen molar-refractivity contribution < 1.29 is 13.6 Å². The number of carbonyl (C=O) groups is 1. The number of halogens is 2. The molecule has 7 nitrogen and oxygen atoms in total. The highest BCUT2D eigenvalue weighted by Crippen LogP contribution is 2.36. The second-order valence-corrected chi connectivity index (χ2v) is 10.7. The van der Waals surface area contributed by atoms with E-state index < -0.39 is 11.5 Å². The molecule has 0 radical (unpaired) electrons. The third kappa shape index (κ3) is 4.36. The summed E-state index contributed by atoms with van der Waals surface area (Å²) in [6.45, 7) is 7.12. The Balaban J connectivity index is 1.23. The van der Waals surface area contributed by atoms with E-state index in [1.165, 1.54) is 19.9 Å². The first kappa shape index (κ1) is 24.3. The normalized spacial score (nSPS) is 19.3. The molecule has 2 aliphatic heterocycles. The largest absolute Gasteiger partial charge is 0.340 e. The van der Waals surface area contributed by atoms with Gasteiger partial charge in [0, 0.05) is 60.9 Å². The van der Waals surface area contributed by atoms with E-state index in [9.17, 15) is 9.18 Å². The molecule has 2 aromatic carbocycles. The fourth-order valence-corrected chi connectivity index (χ4v) is 5.51. The van der Waals surface area contributed by atoms with Gasteiger partial charge >= 0.3 is 0 Å². The summed E-state index contributed by atoms with van der Waals surface area (Å²) < 4.78 is 29.7. The van der Waals surface area contributed by atoms with Crippen molar-refractivity contribution in [3.05, 3.63) is 77.5 Å². The standard InChI is InChI=1S/C29H28F2N6O/c1-17-11-24(29(2,3)31)35-28(33-17)37-15-19-13-36(14-20(19)16-37)27(38)25-21(8-6-9-22(25)30)26-32-12-18-7-4-5-10-23(18)34-26/h4-12,19-20H,13-16H2,1-3H3. The number of hydrogen-bond donors (Lipinski definition) is 0. The summed E-state index contributed by atoms with van der Waals surface area (Å²) >= 11 is 0. The van der Waals surface area contributed by atoms with Crippen molar-refractivity contribution in [3.8, 4) is 11.4 Å². The molecule has 0 aliphatic carbocycles. The molecule has 2 atom stereocenters. The smallest absolute Gasteiger partial charge is 0.257 e. The number of aromatic nitrogens is 4. The van der Waals surface area contributed by atoms with Crippen LogP contribution in [-0.2, 0) is 5.67 Å². The van der Waals surface area contributed by atoms with Crippen molar-refractivity contribution in [1.29, 1.82) is 0 Å². The molecule has 6 rings (SSSR count). The average Bonchev–Trinajstić information content (AvgIpc) is 3.47. The SMILES string of the molecule is Cc1cc(C(C)(C)F)nc(N2CC3CN(C(=O)c4c(F)cccc4-c4ncc5ccccc5n4)CC3C2)n1. The van der Waals surface area contributed by atoms with Crippen LogP contribution in [0.25, 0.3) is 22.3 Å². The van der Waals surface area contributed by atoms with Crippen LogP contribution in [0.5, 0.6) is 0 Å². The van der Waals surface area contributed by atoms with Crippen molar-refractivity contribution >= 4 is 22.8 Å². The molecule has 4 aromatic rings. The number of nitrogens with zero attached hydrogens (tertiary/aromatic N) is 6. The van der Waals surface area contributed by atoms with Crippen LogP contribution >= 0.6 is 0 Å². The number of benzene rings is 2. The Morgan fingerprint density at radius 3 is 2.45 bits per heavy atom. The van der Waals surface area contributed by atoms with Crippen molar-refractivity contribution in [1.82, 2.24) is 24.8 Å². The van der Waals surface area contributed by atoms with E-state index in [1.807, 2.05) is 31.2 Å². The first-order valence-corrected chi connectivity index (χ1v) is 12.8. The monoisotopic (exact) mass is 514 g/mol. The number of aryl methyl sites for hydroxylation is 1. The summed E-state index contributed by atoms with van der Waals surface area (Å²) in [7, 11) is 0. The van der Waals surface area contributed by atoms with Crippen molar-refractivity contribution in [2.75, 3.05) is 31.1 Å². The van der Waals surface area contributed by atoms with E-state index >= 15 is 4.39 Å². The van der Waals surface area contributed by atoms with Crippen molar-refractivity contribution in [2.45, 2.75) is 26.4 Å². The summed E-state index contributed by atoms with van der Waals surface area (Å²) in [6, 6.07) is 13.8. The van der Waals surface area contributed by atoms with Crippen LogP contribution < -0.4 is 4.90 Å². The van der Waals surface area contributed by atoms with E-state index in [0.29, 0.717) is 54.9 Å². The Bertz CT molecular complexity index is 1540. The second kappa shape index (κ2) is 9.08. The number of fused-ring (bicyclic) bond motifs is 2. The van der Waals surface area contributed by atoms with Gasteiger partial charge in [-0.15, -0.1) is 0 Å². The Labute approximate surface area is 219 Å². The summed E-state index contributed by atoms with van der Waals surface area (Å²) in [5.41, 5.74) is 0.622. The van der Waals surface area contributed by atoms with Gasteiger partial charge in [-0.3, -0.25) is 4.79 Å². The fourth-order valence-electron chi connectivity index (χ4n) is 5.51. The third-order valence-electron chi connectivity index (χ3n) is 7.47. The van der Waals surface area contributed by atoms with Crippen LogP contribution in [-0.4, -0.2) is 56.9 Å². The van der Waals surface area contributed by atoms with Crippen molar-refractivity contribution in [2.24, 2.45) is 11.8 Å². The number of amides is 1. The van der Waals surface area contributed by atoms with Crippen LogP contribution in [0.4, 0.5) is 14.7 Å². The highest BCUT2D eigenvalue weighted by molar-refractivity contribution is 6.01. The first-order chi connectivity index (χ1) is 18.2. The van der Waals surface area contributed by atoms with Crippen LogP contribution in [0, 0.1) is 24.6 Å². The van der Waals surface area contributed by atoms with E-state index in [2.05, 4.69) is 24.8 Å². The van der Waals surface area contributed by atoms with E-state index in [0.717, 1.165) is 10.9 Å². The maximum atomic E-state index is 15.1. The summed E-state index contributed by atoms with van der Waals surface area (Å²) in [6.07, 6.45) is 1.69. The summed E-state index contributed by atoms with van der Waals surface area (Å²) in [5, 5.41) is 0.872. The lowest BCUT2D eigenvalue weighted by Crippen LogP contribution is -2.34. The quantitative estimate of drug-likeness (QED) is 0.384. The minimum Gasteiger partial charge on any atom is -0.340 e. The summed E-state index contributed by atoms with van der Waals surface area (Å²) in [5.74, 6) is 0.277. The van der Waals surface area contributed by atoms with Gasteiger partial charge in [0.25, 0.3) is 5.91 Å². The molecule has 4 heterocycles. The fraction of sp³-hybridized carbons (Fsp3) is 0.345. The number of likely N-dealkylation sites (tertiary alicyclic amines) is 1. The molecule has 0 saturated carbocycles. The molecule has 2 unspecified atom stereocenters. The van der Waals surface area contributed by atoms with Gasteiger partial charge in [-0.25, -0.2) is 28.7 Å². The van der Waals surface area contributed by atoms with Crippen LogP contribution in [0.15, 0.2) is 54.7 Å². The predicted molar refractivity (Wildman–Crippen MR) is 141 cm³/mol. The maximum absolute atomic E-state index is 15.1. The molecule has 2 aromatic heterocycles. The Hall–Kier alpha value is -4.01. The lowest BCUT2D eigenvalue weighted by atomic mass is 10.0. The molecule has 2 saturated heterocycles.